The number of ether oxygens (including phenoxy) is 1. The molecule has 2 saturated heterocycles. The molecule has 1 aromatic heterocycles. The highest BCUT2D eigenvalue weighted by Crippen LogP contribution is 2.56. The highest BCUT2D eigenvalue weighted by atomic mass is 79.9. The largest absolute Gasteiger partial charge is 0.407 e. The Balaban J connectivity index is 2.14. The second-order valence-electron chi connectivity index (χ2n) is 13.1. The van der Waals surface area contributed by atoms with Crippen molar-refractivity contribution in [2.45, 2.75) is 115 Å². The molecule has 0 radical (unpaired) electrons. The molecule has 4 atom stereocenters. The molecule has 0 spiro atoms. The minimum atomic E-state index is -2.80. The number of H-pyrrole nitrogens is 1. The third kappa shape index (κ3) is 4.73. The third-order valence-corrected chi connectivity index (χ3v) is 17.6. The lowest BCUT2D eigenvalue weighted by molar-refractivity contribution is -0.0809. The zero-order valence-corrected chi connectivity index (χ0v) is 26.0. The summed E-state index contributed by atoms with van der Waals surface area (Å²) < 4.78 is 28.6. The van der Waals surface area contributed by atoms with Crippen LogP contribution in [0.5, 0.6) is 0 Å². The number of fused-ring (bicyclic) bond motifs is 1. The Morgan fingerprint density at radius 1 is 1.09 bits per heavy atom. The zero-order valence-electron chi connectivity index (χ0n) is 22.4. The Kier molecular flexibility index (Phi) is 7.23. The van der Waals surface area contributed by atoms with Gasteiger partial charge in [-0.15, -0.1) is 0 Å². The second kappa shape index (κ2) is 8.77. The molecule has 194 valence electrons. The highest BCUT2D eigenvalue weighted by molar-refractivity contribution is 9.10. The van der Waals surface area contributed by atoms with Crippen LogP contribution in [0, 0.1) is 0 Å². The maximum absolute atomic E-state index is 12.8. The minimum Gasteiger partial charge on any atom is -0.407 e. The van der Waals surface area contributed by atoms with Gasteiger partial charge in [0.2, 0.25) is 0 Å². The Hall–Kier alpha value is -0.566. The summed E-state index contributed by atoms with van der Waals surface area (Å²) in [4.78, 5) is 27.2. The lowest BCUT2D eigenvalue weighted by Crippen LogP contribution is -2.66. The lowest BCUT2D eigenvalue weighted by atomic mass is 10.1. The quantitative estimate of drug-likeness (QED) is 0.506. The molecule has 3 heterocycles. The van der Waals surface area contributed by atoms with Crippen LogP contribution in [0.2, 0.25) is 28.2 Å². The fourth-order valence-electron chi connectivity index (χ4n) is 4.84. The van der Waals surface area contributed by atoms with Gasteiger partial charge in [-0.3, -0.25) is 14.3 Å². The monoisotopic (exact) mass is 576 g/mol. The summed E-state index contributed by atoms with van der Waals surface area (Å²) in [6.07, 6.45) is -0.581. The average molecular weight is 578 g/mol. The topological polar surface area (TPSA) is 91.8 Å². The van der Waals surface area contributed by atoms with Gasteiger partial charge in [0.05, 0.1) is 11.1 Å². The third-order valence-electron chi connectivity index (χ3n) is 7.45. The number of aromatic nitrogens is 2. The number of halogens is 1. The van der Waals surface area contributed by atoms with E-state index in [-0.39, 0.29) is 25.7 Å². The van der Waals surface area contributed by atoms with Crippen LogP contribution in [0.15, 0.2) is 20.3 Å². The average Bonchev–Trinajstić information content (AvgIpc) is 2.98. The van der Waals surface area contributed by atoms with Gasteiger partial charge in [0, 0.05) is 16.3 Å². The van der Waals surface area contributed by atoms with Gasteiger partial charge in [-0.2, -0.15) is 0 Å². The van der Waals surface area contributed by atoms with Gasteiger partial charge < -0.3 is 18.0 Å². The van der Waals surface area contributed by atoms with Crippen molar-refractivity contribution >= 4 is 32.8 Å². The van der Waals surface area contributed by atoms with E-state index in [4.69, 9.17) is 18.0 Å². The molecule has 0 aromatic carbocycles. The van der Waals surface area contributed by atoms with Crippen molar-refractivity contribution in [3.05, 3.63) is 31.5 Å². The van der Waals surface area contributed by atoms with E-state index in [1.54, 1.807) is 0 Å². The molecule has 0 saturated carbocycles. The van der Waals surface area contributed by atoms with Crippen molar-refractivity contribution in [3.63, 3.8) is 0 Å². The highest BCUT2D eigenvalue weighted by Gasteiger charge is 2.65. The number of rotatable bonds is 3. The molecule has 3 rings (SSSR count). The number of aromatic amines is 1. The molecule has 0 bridgehead atoms. The Labute approximate surface area is 213 Å². The fraction of sp³-hybridized carbons (Fsp3) is 0.826. The van der Waals surface area contributed by atoms with Gasteiger partial charge in [-0.1, -0.05) is 62.3 Å². The molecule has 0 aliphatic carbocycles. The van der Waals surface area contributed by atoms with Crippen molar-refractivity contribution in [2.24, 2.45) is 0 Å². The first-order valence-electron chi connectivity index (χ1n) is 11.9. The predicted molar refractivity (Wildman–Crippen MR) is 141 cm³/mol. The van der Waals surface area contributed by atoms with Crippen LogP contribution in [0.1, 0.15) is 68.5 Å². The molecule has 8 nitrogen and oxygen atoms in total. The summed E-state index contributed by atoms with van der Waals surface area (Å²) in [6.45, 7) is 24.3. The van der Waals surface area contributed by atoms with E-state index < -0.39 is 46.6 Å². The fourth-order valence-corrected chi connectivity index (χ4v) is 11.4. The first-order valence-corrected chi connectivity index (χ1v) is 17.4. The first-order chi connectivity index (χ1) is 15.2. The molecule has 0 unspecified atom stereocenters. The van der Waals surface area contributed by atoms with Crippen LogP contribution in [0.4, 0.5) is 0 Å². The Morgan fingerprint density at radius 2 is 1.65 bits per heavy atom. The summed E-state index contributed by atoms with van der Waals surface area (Å²) in [5, 5.41) is -0.457. The molecule has 0 amide bonds. The molecule has 34 heavy (non-hydrogen) atoms. The van der Waals surface area contributed by atoms with Gasteiger partial charge in [0.1, 0.15) is 18.3 Å². The SMILES string of the molecule is CC(C)(C)[Si](C)(C)O[C@@H]1[C@@H]2O[Si](C(C)(C)C)(C(C)(C)C)OC[C@H]2O[C@H]1n1cc(Br)c(=O)[nH]c1=O. The maximum Gasteiger partial charge on any atom is 0.349 e. The van der Waals surface area contributed by atoms with E-state index in [1.807, 2.05) is 0 Å². The molecule has 11 heteroatoms. The van der Waals surface area contributed by atoms with E-state index in [2.05, 4.69) is 96.3 Å². The van der Waals surface area contributed by atoms with E-state index in [1.165, 1.54) is 10.8 Å². The van der Waals surface area contributed by atoms with Gasteiger partial charge >= 0.3 is 14.3 Å². The van der Waals surface area contributed by atoms with E-state index >= 15 is 0 Å². The summed E-state index contributed by atoms with van der Waals surface area (Å²) in [7, 11) is -5.08. The predicted octanol–water partition coefficient (Wildman–Crippen LogP) is 5.04. The van der Waals surface area contributed by atoms with Gasteiger partial charge in [0.25, 0.3) is 5.56 Å². The van der Waals surface area contributed by atoms with Gasteiger partial charge in [0.15, 0.2) is 14.5 Å². The van der Waals surface area contributed by atoms with Gasteiger partial charge in [-0.25, -0.2) is 4.79 Å². The van der Waals surface area contributed by atoms with E-state index in [9.17, 15) is 9.59 Å². The van der Waals surface area contributed by atoms with E-state index in [0.29, 0.717) is 6.61 Å². The van der Waals surface area contributed by atoms with Crippen molar-refractivity contribution in [1.82, 2.24) is 9.55 Å². The van der Waals surface area contributed by atoms with Crippen LogP contribution in [-0.4, -0.2) is 51.3 Å². The van der Waals surface area contributed by atoms with Crippen LogP contribution in [-0.2, 0) is 18.0 Å². The molecule has 2 aliphatic heterocycles. The Morgan fingerprint density at radius 3 is 2.15 bits per heavy atom. The second-order valence-corrected chi connectivity index (χ2v) is 23.4. The van der Waals surface area contributed by atoms with Crippen molar-refractivity contribution < 1.29 is 18.0 Å². The maximum atomic E-state index is 12.8. The molecule has 1 aromatic rings. The number of hydrogen-bond donors (Lipinski definition) is 1. The van der Waals surface area contributed by atoms with Crippen LogP contribution in [0.25, 0.3) is 0 Å². The zero-order chi connectivity index (χ0) is 26.1. The van der Waals surface area contributed by atoms with Crippen molar-refractivity contribution in [2.75, 3.05) is 6.61 Å². The number of nitrogens with one attached hydrogen (secondary N) is 1. The summed E-state index contributed by atoms with van der Waals surface area (Å²) >= 11 is 3.25. The molecular weight excluding hydrogens is 536 g/mol. The Bertz CT molecular complexity index is 1020. The van der Waals surface area contributed by atoms with Crippen molar-refractivity contribution in [1.29, 1.82) is 0 Å². The molecule has 1 N–H and O–H groups in total. The minimum absolute atomic E-state index is 0.0556. The number of hydrogen-bond acceptors (Lipinski definition) is 6. The standard InChI is InChI=1S/C23H41BrN2O6Si2/c1-21(2,3)33(10,11)31-17-16-15(13-29-34(32-16,22(4,5)6)23(7,8)9)30-19(17)26-12-14(24)18(27)25-20(26)28/h12,15-17,19H,13H2,1-11H3,(H,25,27,28)/t15-,16-,17-,19-/m1/s1. The smallest absolute Gasteiger partial charge is 0.349 e. The van der Waals surface area contributed by atoms with E-state index in [0.717, 1.165) is 0 Å². The summed E-state index contributed by atoms with van der Waals surface area (Å²) in [5.41, 5.74) is -1.03. The first kappa shape index (κ1) is 28.0. The lowest BCUT2D eigenvalue weighted by Gasteiger charge is -2.54. The summed E-state index contributed by atoms with van der Waals surface area (Å²) in [5.74, 6) is 0. The van der Waals surface area contributed by atoms with Crippen LogP contribution >= 0.6 is 15.9 Å². The van der Waals surface area contributed by atoms with Crippen LogP contribution < -0.4 is 11.2 Å². The molecule has 2 fully saturated rings. The summed E-state index contributed by atoms with van der Waals surface area (Å²) in [6, 6.07) is 0. The van der Waals surface area contributed by atoms with Crippen LogP contribution in [0.3, 0.4) is 0 Å². The van der Waals surface area contributed by atoms with Crippen molar-refractivity contribution in [3.8, 4) is 0 Å². The molecular formula is C23H41BrN2O6Si2. The number of nitrogens with zero attached hydrogens (tertiary/aromatic N) is 1. The van der Waals surface area contributed by atoms with Gasteiger partial charge in [-0.05, 0) is 34.1 Å². The normalized spacial score (nSPS) is 28.1. The molecule has 2 aliphatic rings.